The van der Waals surface area contributed by atoms with Crippen LogP contribution >= 0.6 is 0 Å². The second-order valence-corrected chi connectivity index (χ2v) is 5.86. The highest BCUT2D eigenvalue weighted by Gasteiger charge is 2.26. The van der Waals surface area contributed by atoms with E-state index in [0.717, 1.165) is 31.9 Å². The van der Waals surface area contributed by atoms with Crippen molar-refractivity contribution < 1.29 is 9.53 Å². The summed E-state index contributed by atoms with van der Waals surface area (Å²) in [6.45, 7) is 7.56. The van der Waals surface area contributed by atoms with Gasteiger partial charge < -0.3 is 15.4 Å². The van der Waals surface area contributed by atoms with E-state index in [1.165, 1.54) is 0 Å². The second kappa shape index (κ2) is 7.71. The van der Waals surface area contributed by atoms with E-state index in [4.69, 9.17) is 4.74 Å². The summed E-state index contributed by atoms with van der Waals surface area (Å²) in [4.78, 5) is 14.9. The van der Waals surface area contributed by atoms with Crippen LogP contribution in [0.4, 0.5) is 0 Å². The maximum absolute atomic E-state index is 12.5. The van der Waals surface area contributed by atoms with Gasteiger partial charge in [0, 0.05) is 44.0 Å². The molecule has 0 aliphatic carbocycles. The molecule has 1 aromatic heterocycles. The number of aryl methyl sites for hydroxylation is 1. The van der Waals surface area contributed by atoms with E-state index in [0.29, 0.717) is 0 Å². The molecule has 0 saturated carbocycles. The van der Waals surface area contributed by atoms with Crippen molar-refractivity contribution in [3.63, 3.8) is 0 Å². The fourth-order valence-electron chi connectivity index (χ4n) is 2.77. The fraction of sp³-hybridized carbons (Fsp3) is 0.733. The summed E-state index contributed by atoms with van der Waals surface area (Å²) >= 11 is 0. The van der Waals surface area contributed by atoms with Crippen LogP contribution in [0.3, 0.4) is 0 Å². The van der Waals surface area contributed by atoms with Gasteiger partial charge in [-0.15, -0.1) is 0 Å². The predicted molar refractivity (Wildman–Crippen MR) is 84.5 cm³/mol. The molecule has 2 rings (SSSR count). The van der Waals surface area contributed by atoms with Crippen molar-refractivity contribution in [1.82, 2.24) is 25.3 Å². The van der Waals surface area contributed by atoms with Crippen molar-refractivity contribution >= 4 is 5.91 Å². The Balaban J connectivity index is 1.94. The average molecular weight is 309 g/mol. The largest absolute Gasteiger partial charge is 0.379 e. The molecule has 1 aliphatic heterocycles. The van der Waals surface area contributed by atoms with Crippen molar-refractivity contribution in [3.8, 4) is 0 Å². The summed E-state index contributed by atoms with van der Waals surface area (Å²) in [6, 6.07) is -0.0367. The molecule has 3 unspecified atom stereocenters. The summed E-state index contributed by atoms with van der Waals surface area (Å²) in [6.07, 6.45) is 3.58. The molecule has 1 amide bonds. The van der Waals surface area contributed by atoms with Gasteiger partial charge in [-0.25, -0.2) is 0 Å². The molecular formula is C15H27N5O2. The highest BCUT2D eigenvalue weighted by molar-refractivity contribution is 5.83. The molecular weight excluding hydrogens is 282 g/mol. The summed E-state index contributed by atoms with van der Waals surface area (Å²) in [5.41, 5.74) is 0.869. The van der Waals surface area contributed by atoms with Crippen LogP contribution in [-0.4, -0.2) is 66.0 Å². The lowest BCUT2D eigenvalue weighted by atomic mass is 10.1. The minimum absolute atomic E-state index is 0.0249. The van der Waals surface area contributed by atoms with Crippen molar-refractivity contribution in [2.45, 2.75) is 32.0 Å². The van der Waals surface area contributed by atoms with E-state index < -0.39 is 0 Å². The number of carbonyl (C=O) groups is 1. The number of aromatic nitrogens is 2. The number of carbonyl (C=O) groups excluding carboxylic acids is 1. The Morgan fingerprint density at radius 1 is 1.36 bits per heavy atom. The third-order valence-corrected chi connectivity index (χ3v) is 4.32. The van der Waals surface area contributed by atoms with Gasteiger partial charge in [-0.3, -0.25) is 14.4 Å². The zero-order chi connectivity index (χ0) is 16.1. The van der Waals surface area contributed by atoms with Gasteiger partial charge in [0.1, 0.15) is 6.04 Å². The molecule has 0 radical (unpaired) electrons. The molecule has 1 saturated heterocycles. The van der Waals surface area contributed by atoms with Gasteiger partial charge >= 0.3 is 0 Å². The normalized spacial score (nSPS) is 20.4. The summed E-state index contributed by atoms with van der Waals surface area (Å²) in [7, 11) is 3.63. The molecule has 7 heteroatoms. The number of hydrogen-bond donors (Lipinski definition) is 2. The van der Waals surface area contributed by atoms with Crippen molar-refractivity contribution in [2.75, 3.05) is 33.4 Å². The summed E-state index contributed by atoms with van der Waals surface area (Å²) < 4.78 is 7.08. The zero-order valence-electron chi connectivity index (χ0n) is 13.9. The Kier molecular flexibility index (Phi) is 5.93. The molecule has 124 valence electrons. The number of likely N-dealkylation sites (N-methyl/N-ethyl adjacent to an activating group) is 1. The maximum atomic E-state index is 12.5. The number of morpholine rings is 1. The molecule has 0 spiro atoms. The summed E-state index contributed by atoms with van der Waals surface area (Å²) in [5.74, 6) is -0.0249. The second-order valence-electron chi connectivity index (χ2n) is 5.86. The van der Waals surface area contributed by atoms with Crippen LogP contribution in [-0.2, 0) is 16.6 Å². The first-order valence-electron chi connectivity index (χ1n) is 7.81. The fourth-order valence-corrected chi connectivity index (χ4v) is 2.77. The average Bonchev–Trinajstić information content (AvgIpc) is 2.94. The Bertz CT molecular complexity index is 484. The van der Waals surface area contributed by atoms with E-state index in [-0.39, 0.29) is 24.0 Å². The Labute approximate surface area is 132 Å². The van der Waals surface area contributed by atoms with Crippen molar-refractivity contribution in [1.29, 1.82) is 0 Å². The molecule has 0 bridgehead atoms. The molecule has 1 aliphatic rings. The highest BCUT2D eigenvalue weighted by Crippen LogP contribution is 2.13. The lowest BCUT2D eigenvalue weighted by molar-refractivity contribution is -0.124. The van der Waals surface area contributed by atoms with Gasteiger partial charge in [0.2, 0.25) is 5.91 Å². The van der Waals surface area contributed by atoms with Gasteiger partial charge in [0.15, 0.2) is 0 Å². The third kappa shape index (κ3) is 4.06. The standard InChI is InChI=1S/C15H27N5O2/c1-11(12(2)20-5-7-22-8-6-20)18-15(21)14(16-3)13-9-17-19(4)10-13/h9-12,14,16H,5-8H2,1-4H3,(H,18,21). The Morgan fingerprint density at radius 2 is 2.05 bits per heavy atom. The smallest absolute Gasteiger partial charge is 0.242 e. The van der Waals surface area contributed by atoms with Gasteiger partial charge in [-0.1, -0.05) is 0 Å². The quantitative estimate of drug-likeness (QED) is 0.768. The van der Waals surface area contributed by atoms with Crippen LogP contribution in [0.2, 0.25) is 0 Å². The van der Waals surface area contributed by atoms with Gasteiger partial charge in [0.25, 0.3) is 0 Å². The van der Waals surface area contributed by atoms with E-state index >= 15 is 0 Å². The number of ether oxygens (including phenoxy) is 1. The van der Waals surface area contributed by atoms with Gasteiger partial charge in [0.05, 0.1) is 19.4 Å². The minimum Gasteiger partial charge on any atom is -0.379 e. The van der Waals surface area contributed by atoms with E-state index in [1.807, 2.05) is 20.2 Å². The first-order valence-corrected chi connectivity index (χ1v) is 7.81. The molecule has 3 atom stereocenters. The molecule has 0 aromatic carbocycles. The van der Waals surface area contributed by atoms with Crippen LogP contribution in [0.1, 0.15) is 25.5 Å². The molecule has 22 heavy (non-hydrogen) atoms. The third-order valence-electron chi connectivity index (χ3n) is 4.32. The Hall–Kier alpha value is -1.44. The molecule has 7 nitrogen and oxygen atoms in total. The van der Waals surface area contributed by atoms with Crippen LogP contribution in [0, 0.1) is 0 Å². The number of nitrogens with zero attached hydrogens (tertiary/aromatic N) is 3. The van der Waals surface area contributed by atoms with E-state index in [9.17, 15) is 4.79 Å². The minimum atomic E-state index is -0.381. The summed E-state index contributed by atoms with van der Waals surface area (Å²) in [5, 5.41) is 10.3. The van der Waals surface area contributed by atoms with E-state index in [2.05, 4.69) is 27.6 Å². The lowest BCUT2D eigenvalue weighted by Crippen LogP contribution is -2.53. The first-order chi connectivity index (χ1) is 10.5. The van der Waals surface area contributed by atoms with Crippen molar-refractivity contribution in [2.24, 2.45) is 7.05 Å². The van der Waals surface area contributed by atoms with Gasteiger partial charge in [-0.2, -0.15) is 5.10 Å². The zero-order valence-corrected chi connectivity index (χ0v) is 13.9. The predicted octanol–water partition coefficient (Wildman–Crippen LogP) is -0.0940. The number of rotatable bonds is 6. The molecule has 1 fully saturated rings. The lowest BCUT2D eigenvalue weighted by Gasteiger charge is -2.36. The molecule has 1 aromatic rings. The SMILES string of the molecule is CNC(C(=O)NC(C)C(C)N1CCOCC1)c1cnn(C)c1. The van der Waals surface area contributed by atoms with Crippen LogP contribution < -0.4 is 10.6 Å². The van der Waals surface area contributed by atoms with Crippen LogP contribution in [0.5, 0.6) is 0 Å². The number of hydrogen-bond acceptors (Lipinski definition) is 5. The molecule has 2 N–H and O–H groups in total. The highest BCUT2D eigenvalue weighted by atomic mass is 16.5. The maximum Gasteiger partial charge on any atom is 0.242 e. The van der Waals surface area contributed by atoms with Crippen LogP contribution in [0.25, 0.3) is 0 Å². The monoisotopic (exact) mass is 309 g/mol. The molecule has 2 heterocycles. The topological polar surface area (TPSA) is 71.4 Å². The number of nitrogens with one attached hydrogen (secondary N) is 2. The number of amides is 1. The Morgan fingerprint density at radius 3 is 2.59 bits per heavy atom. The van der Waals surface area contributed by atoms with Gasteiger partial charge in [-0.05, 0) is 20.9 Å². The van der Waals surface area contributed by atoms with Crippen molar-refractivity contribution in [3.05, 3.63) is 18.0 Å². The van der Waals surface area contributed by atoms with Crippen LogP contribution in [0.15, 0.2) is 12.4 Å². The van der Waals surface area contributed by atoms with E-state index in [1.54, 1.807) is 17.9 Å². The first kappa shape index (κ1) is 16.9.